The number of hydrogen-bond donors (Lipinski definition) is 2. The fourth-order valence-electron chi connectivity index (χ4n) is 6.20. The number of aromatic nitrogens is 2. The zero-order chi connectivity index (χ0) is 25.3. The van der Waals surface area contributed by atoms with E-state index in [1.807, 2.05) is 30.4 Å². The number of likely N-dealkylation sites (tertiary alicyclic amines) is 1. The number of amides is 2. The van der Waals surface area contributed by atoms with Crippen LogP contribution in [-0.2, 0) is 19.0 Å². The number of aliphatic hydroxyl groups excluding tert-OH is 1. The molecule has 2 aliphatic heterocycles. The first-order valence-corrected chi connectivity index (χ1v) is 12.9. The number of fused-ring (bicyclic) bond motifs is 4. The molecule has 1 saturated heterocycles. The van der Waals surface area contributed by atoms with Gasteiger partial charge in [0.05, 0.1) is 25.3 Å². The molecule has 0 radical (unpaired) electrons. The summed E-state index contributed by atoms with van der Waals surface area (Å²) in [7, 11) is 3.73. The van der Waals surface area contributed by atoms with Crippen LogP contribution in [0.5, 0.6) is 5.75 Å². The second-order valence-corrected chi connectivity index (χ2v) is 10.2. The van der Waals surface area contributed by atoms with Crippen LogP contribution >= 0.6 is 0 Å². The number of carbonyl (C=O) groups excluding carboxylic acids is 1. The number of aliphatic hydroxyl groups is 1. The van der Waals surface area contributed by atoms with Crippen molar-refractivity contribution in [3.05, 3.63) is 59.5 Å². The molecule has 8 heteroatoms. The average molecular weight is 492 g/mol. The van der Waals surface area contributed by atoms with Crippen LogP contribution in [0.1, 0.15) is 49.0 Å². The van der Waals surface area contributed by atoms with Gasteiger partial charge in [-0.2, -0.15) is 0 Å². The van der Waals surface area contributed by atoms with Crippen LogP contribution in [0.15, 0.2) is 42.7 Å². The van der Waals surface area contributed by atoms with Gasteiger partial charge in [-0.25, -0.2) is 4.79 Å². The van der Waals surface area contributed by atoms with Crippen LogP contribution in [0.25, 0.3) is 10.9 Å². The highest BCUT2D eigenvalue weighted by atomic mass is 16.5. The van der Waals surface area contributed by atoms with Gasteiger partial charge >= 0.3 is 6.03 Å². The van der Waals surface area contributed by atoms with Crippen molar-refractivity contribution in [1.82, 2.24) is 24.7 Å². The molecule has 192 valence electrons. The highest BCUT2D eigenvalue weighted by Gasteiger charge is 2.49. The van der Waals surface area contributed by atoms with Gasteiger partial charge in [0, 0.05) is 61.6 Å². The highest BCUT2D eigenvalue weighted by Crippen LogP contribution is 2.50. The third-order valence-corrected chi connectivity index (χ3v) is 8.08. The highest BCUT2D eigenvalue weighted by molar-refractivity contribution is 5.89. The number of hydrogen-bond acceptors (Lipinski definition) is 5. The Morgan fingerprint density at radius 1 is 1.22 bits per heavy atom. The molecule has 3 aromatic rings. The molecule has 1 spiro atoms. The summed E-state index contributed by atoms with van der Waals surface area (Å²) < 4.78 is 7.69. The van der Waals surface area contributed by atoms with E-state index < -0.39 is 0 Å². The van der Waals surface area contributed by atoms with E-state index in [0.717, 1.165) is 55.9 Å². The predicted octanol–water partition coefficient (Wildman–Crippen LogP) is 3.58. The van der Waals surface area contributed by atoms with Crippen molar-refractivity contribution in [1.29, 1.82) is 0 Å². The largest absolute Gasteiger partial charge is 0.497 e. The summed E-state index contributed by atoms with van der Waals surface area (Å²) in [6, 6.07) is 9.90. The number of carbonyl (C=O) groups is 1. The average Bonchev–Trinajstić information content (AvgIpc) is 3.21. The van der Waals surface area contributed by atoms with Gasteiger partial charge in [-0.15, -0.1) is 0 Å². The molecular formula is C28H37N5O3. The fraction of sp³-hybridized carbons (Fsp3) is 0.500. The molecule has 4 heterocycles. The minimum Gasteiger partial charge on any atom is -0.497 e. The predicted molar refractivity (Wildman–Crippen MR) is 140 cm³/mol. The Balaban J connectivity index is 1.56. The molecule has 1 aromatic carbocycles. The smallest absolute Gasteiger partial charge is 0.318 e. The Hall–Kier alpha value is -3.10. The van der Waals surface area contributed by atoms with Gasteiger partial charge in [0.1, 0.15) is 5.75 Å². The first kappa shape index (κ1) is 24.6. The summed E-state index contributed by atoms with van der Waals surface area (Å²) in [4.78, 5) is 21.9. The normalized spacial score (nSPS) is 19.4. The topological polar surface area (TPSA) is 82.9 Å². The lowest BCUT2D eigenvalue weighted by Crippen LogP contribution is -2.57. The quantitative estimate of drug-likeness (QED) is 0.551. The lowest BCUT2D eigenvalue weighted by atomic mass is 9.68. The molecule has 8 nitrogen and oxygen atoms in total. The molecule has 5 rings (SSSR count). The lowest BCUT2D eigenvalue weighted by Gasteiger charge is -2.50. The Morgan fingerprint density at radius 3 is 2.64 bits per heavy atom. The molecule has 0 unspecified atom stereocenters. The van der Waals surface area contributed by atoms with Gasteiger partial charge in [-0.3, -0.25) is 9.88 Å². The van der Waals surface area contributed by atoms with E-state index in [1.165, 1.54) is 16.5 Å². The van der Waals surface area contributed by atoms with Gasteiger partial charge in [0.25, 0.3) is 0 Å². The van der Waals surface area contributed by atoms with E-state index in [2.05, 4.69) is 51.0 Å². The monoisotopic (exact) mass is 491 g/mol. The zero-order valence-electron chi connectivity index (χ0n) is 21.5. The maximum Gasteiger partial charge on any atom is 0.318 e. The fourth-order valence-corrected chi connectivity index (χ4v) is 6.20. The number of pyridine rings is 1. The van der Waals surface area contributed by atoms with E-state index >= 15 is 0 Å². The molecule has 1 fully saturated rings. The van der Waals surface area contributed by atoms with E-state index in [1.54, 1.807) is 7.11 Å². The summed E-state index contributed by atoms with van der Waals surface area (Å²) in [5.41, 5.74) is 4.51. The van der Waals surface area contributed by atoms with Crippen LogP contribution in [0.2, 0.25) is 0 Å². The molecule has 1 atom stereocenters. The van der Waals surface area contributed by atoms with Gasteiger partial charge < -0.3 is 24.6 Å². The number of piperidine rings is 1. The van der Waals surface area contributed by atoms with Crippen molar-refractivity contribution < 1.29 is 14.6 Å². The first-order valence-electron chi connectivity index (χ1n) is 12.9. The van der Waals surface area contributed by atoms with Crippen LogP contribution in [0, 0.1) is 0 Å². The summed E-state index contributed by atoms with van der Waals surface area (Å²) in [5.74, 6) is 0.805. The van der Waals surface area contributed by atoms with Crippen molar-refractivity contribution in [2.75, 3.05) is 39.9 Å². The summed E-state index contributed by atoms with van der Waals surface area (Å²) in [6.45, 7) is 5.96. The Bertz CT molecular complexity index is 1220. The van der Waals surface area contributed by atoms with Crippen molar-refractivity contribution in [2.45, 2.75) is 44.2 Å². The second-order valence-electron chi connectivity index (χ2n) is 10.2. The summed E-state index contributed by atoms with van der Waals surface area (Å²) >= 11 is 0. The number of benzene rings is 1. The summed E-state index contributed by atoms with van der Waals surface area (Å²) in [6.07, 6.45) is 6.47. The number of nitrogens with zero attached hydrogens (tertiary/aromatic N) is 4. The van der Waals surface area contributed by atoms with E-state index in [4.69, 9.17) is 4.74 Å². The van der Waals surface area contributed by atoms with Crippen LogP contribution in [-0.4, -0.2) is 70.4 Å². The lowest BCUT2D eigenvalue weighted by molar-refractivity contribution is 0.0648. The zero-order valence-corrected chi connectivity index (χ0v) is 21.5. The molecule has 2 N–H and O–H groups in total. The van der Waals surface area contributed by atoms with Crippen molar-refractivity contribution in [3.63, 3.8) is 0 Å². The van der Waals surface area contributed by atoms with Crippen LogP contribution in [0.3, 0.4) is 0 Å². The van der Waals surface area contributed by atoms with E-state index in [9.17, 15) is 9.90 Å². The third-order valence-electron chi connectivity index (χ3n) is 8.08. The Kier molecular flexibility index (Phi) is 6.90. The molecule has 0 bridgehead atoms. The molecule has 36 heavy (non-hydrogen) atoms. The molecule has 2 aliphatic rings. The Labute approximate surface area is 212 Å². The van der Waals surface area contributed by atoms with Gasteiger partial charge in [-0.1, -0.05) is 6.92 Å². The van der Waals surface area contributed by atoms with Crippen molar-refractivity contribution in [2.24, 2.45) is 7.05 Å². The molecule has 0 aliphatic carbocycles. The second kappa shape index (κ2) is 10.1. The first-order chi connectivity index (χ1) is 17.5. The van der Waals surface area contributed by atoms with E-state index in [0.29, 0.717) is 13.1 Å². The standard InChI is InChI=1S/C28H37N5O3/c1-4-11-30-27(35)33-19-28(9-14-32(15-10-28)17-20-7-12-29-13-8-20)25-22-6-5-21(36-3)16-23(22)31(2)26(25)24(33)18-34/h5-8,12-13,16,24,34H,4,9-11,14-15,17-19H2,1-3H3,(H,30,35)/t24-/m1/s1. The summed E-state index contributed by atoms with van der Waals surface area (Å²) in [5, 5.41) is 14.8. The minimum atomic E-state index is -0.388. The number of ether oxygens (including phenoxy) is 1. The van der Waals surface area contributed by atoms with Gasteiger partial charge in [-0.05, 0) is 67.7 Å². The molecular weight excluding hydrogens is 454 g/mol. The maximum absolute atomic E-state index is 13.4. The number of urea groups is 1. The van der Waals surface area contributed by atoms with Crippen molar-refractivity contribution >= 4 is 16.9 Å². The third kappa shape index (κ3) is 4.22. The van der Waals surface area contributed by atoms with Crippen LogP contribution < -0.4 is 10.1 Å². The molecule has 2 aromatic heterocycles. The molecule has 0 saturated carbocycles. The van der Waals surface area contributed by atoms with Gasteiger partial charge in [0.2, 0.25) is 0 Å². The van der Waals surface area contributed by atoms with Crippen LogP contribution in [0.4, 0.5) is 4.79 Å². The SMILES string of the molecule is CCCNC(=O)N1CC2(CCN(Cc3ccncc3)CC2)c2c(n(C)c3cc(OC)ccc23)[C@H]1CO. The molecule has 2 amide bonds. The number of methoxy groups -OCH3 is 1. The van der Waals surface area contributed by atoms with Crippen molar-refractivity contribution in [3.8, 4) is 5.75 Å². The maximum atomic E-state index is 13.4. The Morgan fingerprint density at radius 2 is 1.97 bits per heavy atom. The minimum absolute atomic E-state index is 0.0945. The number of aryl methyl sites for hydroxylation is 1. The van der Waals surface area contributed by atoms with E-state index in [-0.39, 0.29) is 24.1 Å². The number of rotatable bonds is 6. The van der Waals surface area contributed by atoms with Gasteiger partial charge in [0.15, 0.2) is 0 Å². The number of nitrogens with one attached hydrogen (secondary N) is 1.